The molecule has 0 heterocycles. The third kappa shape index (κ3) is 7.65. The number of carbonyl (C=O) groups is 1. The van der Waals surface area contributed by atoms with Crippen molar-refractivity contribution in [1.29, 1.82) is 0 Å². The summed E-state index contributed by atoms with van der Waals surface area (Å²) < 4.78 is 0. The number of hydrogen-bond acceptors (Lipinski definition) is 2. The minimum atomic E-state index is -0.819. The molecule has 0 saturated heterocycles. The first-order valence-corrected chi connectivity index (χ1v) is 5.32. The van der Waals surface area contributed by atoms with Gasteiger partial charge in [0, 0.05) is 0 Å². The normalized spacial score (nSPS) is 13.0. The second-order valence-corrected chi connectivity index (χ2v) is 3.48. The van der Waals surface area contributed by atoms with Crippen molar-refractivity contribution in [1.82, 2.24) is 5.32 Å². The van der Waals surface area contributed by atoms with Crippen LogP contribution in [0.1, 0.15) is 46.0 Å². The first kappa shape index (κ1) is 13.0. The first-order chi connectivity index (χ1) is 6.68. The molecule has 0 aromatic carbocycles. The van der Waals surface area contributed by atoms with Crippen molar-refractivity contribution in [2.24, 2.45) is 0 Å². The van der Waals surface area contributed by atoms with Crippen LogP contribution in [0.5, 0.6) is 0 Å². The molecule has 0 bridgehead atoms. The number of rotatable bonds is 8. The zero-order valence-corrected chi connectivity index (χ0v) is 9.12. The average molecular weight is 199 g/mol. The predicted octanol–water partition coefficient (Wildman–Crippen LogP) is 2.53. The highest BCUT2D eigenvalue weighted by Gasteiger charge is 2.05. The maximum Gasteiger partial charge on any atom is 0.325 e. The molecule has 0 fully saturated rings. The van der Waals surface area contributed by atoms with Crippen LogP contribution in [0, 0.1) is 0 Å². The van der Waals surface area contributed by atoms with E-state index in [1.54, 1.807) is 13.1 Å². The lowest BCUT2D eigenvalue weighted by Gasteiger charge is -2.04. The van der Waals surface area contributed by atoms with Crippen molar-refractivity contribution in [3.8, 4) is 0 Å². The Bertz CT molecular complexity index is 178. The summed E-state index contributed by atoms with van der Waals surface area (Å²) in [5, 5.41) is 11.4. The molecule has 0 aliphatic heterocycles. The summed E-state index contributed by atoms with van der Waals surface area (Å²) in [6, 6.07) is -0.498. The van der Waals surface area contributed by atoms with Gasteiger partial charge in [-0.1, -0.05) is 32.3 Å². The van der Waals surface area contributed by atoms with Gasteiger partial charge in [-0.3, -0.25) is 4.79 Å². The molecule has 3 nitrogen and oxygen atoms in total. The van der Waals surface area contributed by atoms with Gasteiger partial charge < -0.3 is 10.4 Å². The van der Waals surface area contributed by atoms with Gasteiger partial charge in [-0.05, 0) is 26.0 Å². The fourth-order valence-corrected chi connectivity index (χ4v) is 1.06. The molecule has 0 aliphatic rings. The van der Waals surface area contributed by atoms with Gasteiger partial charge in [0.25, 0.3) is 0 Å². The van der Waals surface area contributed by atoms with Crippen molar-refractivity contribution in [2.75, 3.05) is 0 Å². The number of carboxylic acid groups (broad SMARTS) is 1. The van der Waals surface area contributed by atoms with Gasteiger partial charge >= 0.3 is 5.97 Å². The summed E-state index contributed by atoms with van der Waals surface area (Å²) in [7, 11) is 0. The molecular weight excluding hydrogens is 178 g/mol. The second kappa shape index (κ2) is 8.60. The lowest BCUT2D eigenvalue weighted by molar-refractivity contribution is -0.138. The van der Waals surface area contributed by atoms with Gasteiger partial charge in [-0.15, -0.1) is 0 Å². The highest BCUT2D eigenvalue weighted by molar-refractivity contribution is 5.72. The van der Waals surface area contributed by atoms with Crippen LogP contribution in [0.25, 0.3) is 0 Å². The fourth-order valence-electron chi connectivity index (χ4n) is 1.06. The molecule has 0 radical (unpaired) electrons. The molecule has 0 aliphatic carbocycles. The minimum Gasteiger partial charge on any atom is -0.480 e. The lowest BCUT2D eigenvalue weighted by Crippen LogP contribution is -2.29. The van der Waals surface area contributed by atoms with Crippen LogP contribution in [0.15, 0.2) is 12.3 Å². The Hall–Kier alpha value is -0.990. The van der Waals surface area contributed by atoms with Crippen molar-refractivity contribution in [3.63, 3.8) is 0 Å². The standard InChI is InChI=1S/C11H21NO2/c1-3-4-5-6-7-8-9-12-10(2)11(13)14/h8-10,12H,3-7H2,1-2H3,(H,13,14)/b9-8+. The largest absolute Gasteiger partial charge is 0.480 e. The van der Waals surface area contributed by atoms with E-state index in [1.807, 2.05) is 6.08 Å². The Morgan fingerprint density at radius 1 is 1.43 bits per heavy atom. The van der Waals surface area contributed by atoms with Crippen LogP contribution in [-0.2, 0) is 4.79 Å². The Labute approximate surface area is 86.2 Å². The highest BCUT2D eigenvalue weighted by Crippen LogP contribution is 2.02. The van der Waals surface area contributed by atoms with Gasteiger partial charge in [0.2, 0.25) is 0 Å². The zero-order valence-electron chi connectivity index (χ0n) is 9.12. The Balaban J connectivity index is 3.31. The van der Waals surface area contributed by atoms with E-state index < -0.39 is 12.0 Å². The molecule has 3 heteroatoms. The molecule has 0 aromatic rings. The van der Waals surface area contributed by atoms with E-state index in [4.69, 9.17) is 5.11 Å². The number of hydrogen-bond donors (Lipinski definition) is 2. The van der Waals surface area contributed by atoms with Crippen LogP contribution >= 0.6 is 0 Å². The fraction of sp³-hybridized carbons (Fsp3) is 0.727. The molecule has 82 valence electrons. The predicted molar refractivity (Wildman–Crippen MR) is 58.1 cm³/mol. The number of aliphatic carboxylic acids is 1. The van der Waals surface area contributed by atoms with Crippen molar-refractivity contribution in [3.05, 3.63) is 12.3 Å². The van der Waals surface area contributed by atoms with E-state index >= 15 is 0 Å². The molecule has 14 heavy (non-hydrogen) atoms. The monoisotopic (exact) mass is 199 g/mol. The van der Waals surface area contributed by atoms with Crippen LogP contribution in [0.2, 0.25) is 0 Å². The molecule has 0 aromatic heterocycles. The van der Waals surface area contributed by atoms with Crippen LogP contribution < -0.4 is 5.32 Å². The average Bonchev–Trinajstić information content (AvgIpc) is 2.16. The quantitative estimate of drug-likeness (QED) is 0.591. The van der Waals surface area contributed by atoms with E-state index in [0.717, 1.165) is 6.42 Å². The molecule has 2 N–H and O–H groups in total. The Morgan fingerprint density at radius 2 is 2.14 bits per heavy atom. The first-order valence-electron chi connectivity index (χ1n) is 5.32. The molecule has 0 amide bonds. The van der Waals surface area contributed by atoms with E-state index in [1.165, 1.54) is 25.7 Å². The van der Waals surface area contributed by atoms with Crippen LogP contribution in [0.4, 0.5) is 0 Å². The molecule has 0 spiro atoms. The van der Waals surface area contributed by atoms with Gasteiger partial charge in [-0.25, -0.2) is 0 Å². The summed E-state index contributed by atoms with van der Waals surface area (Å²) in [4.78, 5) is 10.4. The molecular formula is C11H21NO2. The lowest BCUT2D eigenvalue weighted by atomic mass is 10.1. The van der Waals surface area contributed by atoms with Gasteiger partial charge in [0.15, 0.2) is 0 Å². The number of carboxylic acids is 1. The summed E-state index contributed by atoms with van der Waals surface area (Å²) in [5.41, 5.74) is 0. The minimum absolute atomic E-state index is 0.498. The van der Waals surface area contributed by atoms with E-state index in [2.05, 4.69) is 12.2 Å². The Kier molecular flexibility index (Phi) is 7.99. The molecule has 0 saturated carbocycles. The summed E-state index contributed by atoms with van der Waals surface area (Å²) in [6.07, 6.45) is 9.74. The summed E-state index contributed by atoms with van der Waals surface area (Å²) in [6.45, 7) is 3.82. The van der Waals surface area contributed by atoms with Crippen molar-refractivity contribution in [2.45, 2.75) is 52.0 Å². The van der Waals surface area contributed by atoms with Crippen LogP contribution in [0.3, 0.4) is 0 Å². The Morgan fingerprint density at radius 3 is 2.71 bits per heavy atom. The molecule has 1 unspecified atom stereocenters. The number of unbranched alkanes of at least 4 members (excludes halogenated alkanes) is 4. The van der Waals surface area contributed by atoms with Crippen molar-refractivity contribution >= 4 is 5.97 Å². The van der Waals surface area contributed by atoms with Crippen molar-refractivity contribution < 1.29 is 9.90 Å². The van der Waals surface area contributed by atoms with Gasteiger partial charge in [0.1, 0.15) is 6.04 Å². The molecule has 0 rings (SSSR count). The van der Waals surface area contributed by atoms with Gasteiger partial charge in [-0.2, -0.15) is 0 Å². The number of nitrogens with one attached hydrogen (secondary N) is 1. The van der Waals surface area contributed by atoms with E-state index in [-0.39, 0.29) is 0 Å². The van der Waals surface area contributed by atoms with Gasteiger partial charge in [0.05, 0.1) is 0 Å². The smallest absolute Gasteiger partial charge is 0.325 e. The zero-order chi connectivity index (χ0) is 10.8. The number of allylic oxidation sites excluding steroid dienone is 1. The van der Waals surface area contributed by atoms with Crippen LogP contribution in [-0.4, -0.2) is 17.1 Å². The second-order valence-electron chi connectivity index (χ2n) is 3.48. The highest BCUT2D eigenvalue weighted by atomic mass is 16.4. The van der Waals surface area contributed by atoms with E-state index in [9.17, 15) is 4.79 Å². The maximum absolute atomic E-state index is 10.4. The summed E-state index contributed by atoms with van der Waals surface area (Å²) >= 11 is 0. The third-order valence-corrected chi connectivity index (χ3v) is 2.06. The topological polar surface area (TPSA) is 49.3 Å². The summed E-state index contributed by atoms with van der Waals surface area (Å²) in [5.74, 6) is -0.819. The van der Waals surface area contributed by atoms with E-state index in [0.29, 0.717) is 0 Å². The SMILES string of the molecule is CCCCCC/C=C/NC(C)C(=O)O. The maximum atomic E-state index is 10.4. The molecule has 1 atom stereocenters. The third-order valence-electron chi connectivity index (χ3n) is 2.06.